The number of fused-ring (bicyclic) bond motifs is 9. The Morgan fingerprint density at radius 3 is 1.48 bits per heavy atom. The van der Waals surface area contributed by atoms with Crippen molar-refractivity contribution >= 4 is 60.4 Å². The van der Waals surface area contributed by atoms with Gasteiger partial charge in [-0.15, -0.1) is 0 Å². The van der Waals surface area contributed by atoms with Gasteiger partial charge in [-0.25, -0.2) is 4.98 Å². The lowest BCUT2D eigenvalue weighted by Gasteiger charge is -2.11. The molecule has 13 aromatic rings. The Kier molecular flexibility index (Phi) is 7.54. The lowest BCUT2D eigenvalue weighted by molar-refractivity contribution is 1.10. The van der Waals surface area contributed by atoms with Crippen LogP contribution in [0.4, 0.5) is 0 Å². The number of para-hydroxylation sites is 5. The van der Waals surface area contributed by atoms with Gasteiger partial charge in [0.1, 0.15) is 0 Å². The number of rotatable bonds is 6. The highest BCUT2D eigenvalue weighted by Crippen LogP contribution is 2.42. The Bertz CT molecular complexity index is 3850. The Balaban J connectivity index is 1.05. The summed E-state index contributed by atoms with van der Waals surface area (Å²) >= 11 is 0. The summed E-state index contributed by atoms with van der Waals surface area (Å²) in [6.07, 6.45) is 0. The molecule has 0 aliphatic rings. The second-order valence-corrected chi connectivity index (χ2v) is 16.0. The molecule has 0 bridgehead atoms. The number of hydrogen-bond donors (Lipinski definition) is 0. The fourth-order valence-electron chi connectivity index (χ4n) is 9.86. The second kappa shape index (κ2) is 13.6. The monoisotopic (exact) mass is 791 g/mol. The number of nitrogens with zero attached hydrogens (tertiary/aromatic N) is 5. The minimum Gasteiger partial charge on any atom is -0.309 e. The number of hydrogen-bond acceptors (Lipinski definition) is 1. The van der Waals surface area contributed by atoms with E-state index in [9.17, 15) is 0 Å². The molecule has 5 nitrogen and oxygen atoms in total. The molecule has 9 aromatic carbocycles. The molecule has 0 fully saturated rings. The summed E-state index contributed by atoms with van der Waals surface area (Å²) in [6, 6.07) is 80.7. The van der Waals surface area contributed by atoms with E-state index in [-0.39, 0.29) is 0 Å². The number of benzene rings is 9. The first kappa shape index (κ1) is 34.5. The largest absolute Gasteiger partial charge is 0.309 e. The van der Waals surface area contributed by atoms with Gasteiger partial charge < -0.3 is 9.13 Å². The Morgan fingerprint density at radius 1 is 0.274 bits per heavy atom. The molecule has 0 spiro atoms. The summed E-state index contributed by atoms with van der Waals surface area (Å²) in [5.74, 6) is 0.867. The Labute approximate surface area is 357 Å². The van der Waals surface area contributed by atoms with Gasteiger partial charge in [-0.3, -0.25) is 8.97 Å². The van der Waals surface area contributed by atoms with Gasteiger partial charge in [0, 0.05) is 49.7 Å². The molecule has 0 radical (unpaired) electrons. The third-order valence-corrected chi connectivity index (χ3v) is 12.6. The fraction of sp³-hybridized carbons (Fsp3) is 0. The van der Waals surface area contributed by atoms with Crippen LogP contribution < -0.4 is 0 Å². The normalized spacial score (nSPS) is 11.9. The Hall–Kier alpha value is -8.41. The van der Waals surface area contributed by atoms with Crippen LogP contribution in [0, 0.1) is 0 Å². The highest BCUT2D eigenvalue weighted by molar-refractivity contribution is 6.12. The lowest BCUT2D eigenvalue weighted by Crippen LogP contribution is -1.96. The van der Waals surface area contributed by atoms with E-state index >= 15 is 0 Å². The van der Waals surface area contributed by atoms with Crippen LogP contribution in [0.2, 0.25) is 0 Å². The van der Waals surface area contributed by atoms with Crippen LogP contribution in [0.1, 0.15) is 0 Å². The maximum absolute atomic E-state index is 5.68. The van der Waals surface area contributed by atoms with Crippen LogP contribution >= 0.6 is 0 Å². The van der Waals surface area contributed by atoms with Gasteiger partial charge in [-0.05, 0) is 90.0 Å². The van der Waals surface area contributed by atoms with Gasteiger partial charge in [0.05, 0.1) is 44.5 Å². The van der Waals surface area contributed by atoms with Crippen molar-refractivity contribution < 1.29 is 0 Å². The molecule has 0 unspecified atom stereocenters. The zero-order chi connectivity index (χ0) is 40.7. The van der Waals surface area contributed by atoms with E-state index in [1.165, 1.54) is 49.2 Å². The van der Waals surface area contributed by atoms with Crippen LogP contribution in [0.25, 0.3) is 111 Å². The predicted octanol–water partition coefficient (Wildman–Crippen LogP) is 14.5. The van der Waals surface area contributed by atoms with Crippen LogP contribution in [-0.2, 0) is 0 Å². The average Bonchev–Trinajstić information content (AvgIpc) is 4.08. The van der Waals surface area contributed by atoms with Crippen molar-refractivity contribution in [3.63, 3.8) is 0 Å². The molecule has 0 atom stereocenters. The Morgan fingerprint density at radius 2 is 0.774 bits per heavy atom. The lowest BCUT2D eigenvalue weighted by atomic mass is 10.0. The quantitative estimate of drug-likeness (QED) is 0.165. The smallest absolute Gasteiger partial charge is 0.220 e. The third-order valence-electron chi connectivity index (χ3n) is 12.6. The minimum absolute atomic E-state index is 0.867. The summed E-state index contributed by atoms with van der Waals surface area (Å²) in [5.41, 5.74) is 16.8. The zero-order valence-corrected chi connectivity index (χ0v) is 33.6. The first-order valence-electron chi connectivity index (χ1n) is 21.1. The maximum Gasteiger partial charge on any atom is 0.220 e. The molecule has 0 aliphatic heterocycles. The maximum atomic E-state index is 5.68. The van der Waals surface area contributed by atoms with Crippen LogP contribution in [-0.4, -0.2) is 23.1 Å². The van der Waals surface area contributed by atoms with Gasteiger partial charge in [-0.1, -0.05) is 146 Å². The molecule has 4 heterocycles. The zero-order valence-electron chi connectivity index (χ0n) is 33.6. The highest BCUT2D eigenvalue weighted by atomic mass is 15.2. The van der Waals surface area contributed by atoms with E-state index in [0.29, 0.717) is 0 Å². The molecule has 0 N–H and O–H groups in total. The SMILES string of the molecule is c1ccc(-c2cccc(-n3c4ccccc4c4cc(-c5nc6n(-c7ccc8c(c7)c7ccccc7n8-c7ccccc7)c7ccccc7n6c5-c5ccccc5)ccc43)c2)cc1. The van der Waals surface area contributed by atoms with E-state index in [0.717, 1.165) is 61.9 Å². The van der Waals surface area contributed by atoms with Gasteiger partial charge in [0.15, 0.2) is 0 Å². The number of imidazole rings is 2. The molecule has 0 saturated heterocycles. The summed E-state index contributed by atoms with van der Waals surface area (Å²) in [4.78, 5) is 5.68. The van der Waals surface area contributed by atoms with Crippen molar-refractivity contribution in [2.24, 2.45) is 0 Å². The summed E-state index contributed by atoms with van der Waals surface area (Å²) in [7, 11) is 0. The van der Waals surface area contributed by atoms with Crippen molar-refractivity contribution in [2.45, 2.75) is 0 Å². The van der Waals surface area contributed by atoms with Gasteiger partial charge >= 0.3 is 0 Å². The fourth-order valence-corrected chi connectivity index (χ4v) is 9.86. The molecule has 0 saturated carbocycles. The molecule has 0 amide bonds. The van der Waals surface area contributed by atoms with E-state index in [1.807, 2.05) is 0 Å². The van der Waals surface area contributed by atoms with Crippen molar-refractivity contribution in [1.82, 2.24) is 23.1 Å². The first-order valence-corrected chi connectivity index (χ1v) is 21.1. The minimum atomic E-state index is 0.867. The van der Waals surface area contributed by atoms with Crippen LogP contribution in [0.5, 0.6) is 0 Å². The van der Waals surface area contributed by atoms with Gasteiger partial charge in [0.25, 0.3) is 0 Å². The molecular weight excluding hydrogens is 755 g/mol. The molecular formula is C57H37N5. The van der Waals surface area contributed by atoms with E-state index in [2.05, 4.69) is 243 Å². The topological polar surface area (TPSA) is 32.1 Å². The third kappa shape index (κ3) is 5.12. The van der Waals surface area contributed by atoms with E-state index < -0.39 is 0 Å². The second-order valence-electron chi connectivity index (χ2n) is 16.0. The molecule has 13 rings (SSSR count). The highest BCUT2D eigenvalue weighted by Gasteiger charge is 2.25. The number of aromatic nitrogens is 5. The first-order chi connectivity index (χ1) is 30.8. The summed E-state index contributed by atoms with van der Waals surface area (Å²) < 4.78 is 9.46. The predicted molar refractivity (Wildman–Crippen MR) is 257 cm³/mol. The molecule has 5 heteroatoms. The van der Waals surface area contributed by atoms with Gasteiger partial charge in [0.2, 0.25) is 5.78 Å². The average molecular weight is 792 g/mol. The van der Waals surface area contributed by atoms with Crippen LogP contribution in [0.3, 0.4) is 0 Å². The summed E-state index contributed by atoms with van der Waals surface area (Å²) in [6.45, 7) is 0. The van der Waals surface area contributed by atoms with E-state index in [1.54, 1.807) is 0 Å². The van der Waals surface area contributed by atoms with Crippen molar-refractivity contribution in [3.8, 4) is 50.7 Å². The standard InChI is InChI=1S/C57H37N5/c1-4-17-38(18-5-1)40-21-16-24-43(35-40)60-50-28-13-10-25-45(50)47-36-41(31-33-51(47)60)55-56(39-19-6-2-7-20-39)62-54-30-15-14-29-53(54)61(57(62)58-55)44-32-34-52-48(37-44)46-26-11-12-27-49(46)59(52)42-22-8-3-9-23-42/h1-37H. The van der Waals surface area contributed by atoms with E-state index in [4.69, 9.17) is 4.98 Å². The van der Waals surface area contributed by atoms with Crippen LogP contribution in [0.15, 0.2) is 224 Å². The molecule has 62 heavy (non-hydrogen) atoms. The van der Waals surface area contributed by atoms with Crippen molar-refractivity contribution in [3.05, 3.63) is 224 Å². The molecule has 0 aliphatic carbocycles. The van der Waals surface area contributed by atoms with Crippen molar-refractivity contribution in [1.29, 1.82) is 0 Å². The molecule has 290 valence electrons. The van der Waals surface area contributed by atoms with Gasteiger partial charge in [-0.2, -0.15) is 0 Å². The molecule has 4 aromatic heterocycles. The van der Waals surface area contributed by atoms with Crippen molar-refractivity contribution in [2.75, 3.05) is 0 Å². The summed E-state index contributed by atoms with van der Waals surface area (Å²) in [5, 5.41) is 4.81.